The van der Waals surface area contributed by atoms with Crippen LogP contribution in [0.25, 0.3) is 0 Å². The average molecular weight is 443 g/mol. The van der Waals surface area contributed by atoms with Crippen molar-refractivity contribution >= 4 is 0 Å². The van der Waals surface area contributed by atoms with Gasteiger partial charge in [-0.3, -0.25) is 0 Å². The van der Waals surface area contributed by atoms with Crippen LogP contribution in [0.3, 0.4) is 0 Å². The Morgan fingerprint density at radius 2 is 2.03 bits per heavy atom. The van der Waals surface area contributed by atoms with E-state index in [0.717, 1.165) is 37.7 Å². The number of hydrogen-bond donors (Lipinski definition) is 2. The van der Waals surface area contributed by atoms with Crippen molar-refractivity contribution in [1.82, 2.24) is 0 Å². The maximum Gasteiger partial charge on any atom is 0.127 e. The van der Waals surface area contributed by atoms with E-state index >= 15 is 0 Å². The molecule has 0 unspecified atom stereocenters. The van der Waals surface area contributed by atoms with Gasteiger partial charge in [0.05, 0.1) is 11.7 Å². The summed E-state index contributed by atoms with van der Waals surface area (Å²) in [5.74, 6) is 0.957. The van der Waals surface area contributed by atoms with Gasteiger partial charge in [-0.1, -0.05) is 75.8 Å². The molecule has 2 nitrogen and oxygen atoms in total. The topological polar surface area (TPSA) is 40.5 Å². The van der Waals surface area contributed by atoms with Crippen LogP contribution >= 0.6 is 0 Å². The fourth-order valence-electron chi connectivity index (χ4n) is 6.15. The largest absolute Gasteiger partial charge is 0.393 e. The first-order chi connectivity index (χ1) is 15.1. The molecule has 5 atom stereocenters. The summed E-state index contributed by atoms with van der Waals surface area (Å²) in [5.41, 5.74) is 3.90. The minimum Gasteiger partial charge on any atom is -0.393 e. The van der Waals surface area contributed by atoms with E-state index < -0.39 is 17.9 Å². The van der Waals surface area contributed by atoms with E-state index in [1.165, 1.54) is 18.4 Å². The Hall–Kier alpha value is -1.45. The molecule has 2 fully saturated rings. The van der Waals surface area contributed by atoms with Gasteiger partial charge in [0.25, 0.3) is 0 Å². The molecule has 0 aliphatic heterocycles. The highest BCUT2D eigenvalue weighted by atomic mass is 19.1. The van der Waals surface area contributed by atoms with E-state index in [-0.39, 0.29) is 11.8 Å². The molecule has 32 heavy (non-hydrogen) atoms. The van der Waals surface area contributed by atoms with Crippen molar-refractivity contribution in [1.29, 1.82) is 0 Å². The minimum absolute atomic E-state index is 0.168. The molecule has 0 aromatic rings. The molecule has 3 rings (SSSR count). The number of alkyl halides is 1. The van der Waals surface area contributed by atoms with Gasteiger partial charge in [-0.05, 0) is 79.8 Å². The molecule has 0 saturated heterocycles. The molecule has 0 aromatic carbocycles. The third kappa shape index (κ3) is 5.20. The van der Waals surface area contributed by atoms with Crippen LogP contribution in [0.4, 0.5) is 4.39 Å². The van der Waals surface area contributed by atoms with Crippen molar-refractivity contribution in [2.24, 2.45) is 17.3 Å². The van der Waals surface area contributed by atoms with E-state index in [4.69, 9.17) is 0 Å². The first-order valence-corrected chi connectivity index (χ1v) is 12.6. The number of aliphatic hydroxyl groups excluding tert-OH is 1. The Labute approximate surface area is 194 Å². The smallest absolute Gasteiger partial charge is 0.127 e. The maximum atomic E-state index is 14.1. The van der Waals surface area contributed by atoms with Crippen LogP contribution in [0.15, 0.2) is 59.3 Å². The lowest BCUT2D eigenvalue weighted by molar-refractivity contribution is 0.0824. The standard InChI is InChI=1S/C29H43FO2/c1-6-29(32,7-2)17-8-10-20(3)25-14-15-26-22(11-9-16-28(25,26)5)12-13-23-18-24(31)19-27(30)21(23)4/h8,12-14,17,20,24,26-27,31-32H,4,6-7,9-11,15-16,18-19H2,1-3,5H3/b17-8+,22-12-,23-13+/t20-,24+,26-,27-,28+/m0/s1. The van der Waals surface area contributed by atoms with E-state index in [1.54, 1.807) is 5.57 Å². The number of hydrogen-bond acceptors (Lipinski definition) is 2. The molecule has 0 spiro atoms. The quantitative estimate of drug-likeness (QED) is 0.411. The molecule has 0 aromatic heterocycles. The van der Waals surface area contributed by atoms with E-state index in [9.17, 15) is 14.6 Å². The number of fused-ring (bicyclic) bond motifs is 1. The summed E-state index contributed by atoms with van der Waals surface area (Å²) in [4.78, 5) is 0. The van der Waals surface area contributed by atoms with Crippen LogP contribution in [-0.4, -0.2) is 28.1 Å². The zero-order valence-electron chi connectivity index (χ0n) is 20.5. The highest BCUT2D eigenvalue weighted by Crippen LogP contribution is 2.57. The molecule has 3 heteroatoms. The van der Waals surface area contributed by atoms with Gasteiger partial charge in [-0.25, -0.2) is 4.39 Å². The normalized spacial score (nSPS) is 34.9. The monoisotopic (exact) mass is 442 g/mol. The second-order valence-electron chi connectivity index (χ2n) is 10.6. The predicted octanol–water partition coefficient (Wildman–Crippen LogP) is 7.16. The lowest BCUT2D eigenvalue weighted by Gasteiger charge is -2.42. The molecule has 0 bridgehead atoms. The van der Waals surface area contributed by atoms with Crippen LogP contribution in [0.1, 0.15) is 85.5 Å². The van der Waals surface area contributed by atoms with Crippen molar-refractivity contribution in [2.45, 2.75) is 103 Å². The van der Waals surface area contributed by atoms with Crippen molar-refractivity contribution in [3.8, 4) is 0 Å². The lowest BCUT2D eigenvalue weighted by atomic mass is 9.62. The number of halogens is 1. The molecular weight excluding hydrogens is 399 g/mol. The Morgan fingerprint density at radius 3 is 2.72 bits per heavy atom. The SMILES string of the molecule is C=C1/C(=C/C=C2/CCC[C@]3(C)C([C@@H](C)C/C=C/C(O)(CC)CC)=CC[C@@H]23)C[C@@H](O)C[C@@H]1F. The van der Waals surface area contributed by atoms with E-state index in [0.29, 0.717) is 23.8 Å². The van der Waals surface area contributed by atoms with Crippen molar-refractivity contribution < 1.29 is 14.6 Å². The molecule has 3 aliphatic rings. The highest BCUT2D eigenvalue weighted by molar-refractivity contribution is 5.40. The fourth-order valence-corrected chi connectivity index (χ4v) is 6.15. The summed E-state index contributed by atoms with van der Waals surface area (Å²) in [7, 11) is 0. The second kappa shape index (κ2) is 10.2. The molecule has 2 saturated carbocycles. The zero-order valence-corrected chi connectivity index (χ0v) is 20.5. The predicted molar refractivity (Wildman–Crippen MR) is 132 cm³/mol. The molecule has 178 valence electrons. The Bertz CT molecular complexity index is 813. The van der Waals surface area contributed by atoms with Gasteiger partial charge in [-0.2, -0.15) is 0 Å². The molecule has 3 aliphatic carbocycles. The number of aliphatic hydroxyl groups is 2. The van der Waals surface area contributed by atoms with Gasteiger partial charge >= 0.3 is 0 Å². The molecular formula is C29H43FO2. The summed E-state index contributed by atoms with van der Waals surface area (Å²) in [6.07, 6.45) is 16.8. The second-order valence-corrected chi connectivity index (χ2v) is 10.6. The van der Waals surface area contributed by atoms with Crippen LogP contribution in [-0.2, 0) is 0 Å². The van der Waals surface area contributed by atoms with Crippen LogP contribution in [0.5, 0.6) is 0 Å². The zero-order chi connectivity index (χ0) is 23.5. The molecule has 0 heterocycles. The fraction of sp³-hybridized carbons (Fsp3) is 0.655. The van der Waals surface area contributed by atoms with Gasteiger partial charge in [0.1, 0.15) is 6.17 Å². The van der Waals surface area contributed by atoms with Gasteiger partial charge < -0.3 is 10.2 Å². The summed E-state index contributed by atoms with van der Waals surface area (Å²) >= 11 is 0. The summed E-state index contributed by atoms with van der Waals surface area (Å²) in [6.45, 7) is 12.7. The summed E-state index contributed by atoms with van der Waals surface area (Å²) < 4.78 is 14.1. The van der Waals surface area contributed by atoms with Crippen molar-refractivity contribution in [3.63, 3.8) is 0 Å². The highest BCUT2D eigenvalue weighted by Gasteiger charge is 2.45. The Balaban J connectivity index is 1.73. The van der Waals surface area contributed by atoms with Crippen molar-refractivity contribution in [2.75, 3.05) is 0 Å². The lowest BCUT2D eigenvalue weighted by Crippen LogP contribution is -2.32. The van der Waals surface area contributed by atoms with E-state index in [1.807, 2.05) is 26.0 Å². The maximum absolute atomic E-state index is 14.1. The van der Waals surface area contributed by atoms with Crippen LogP contribution < -0.4 is 0 Å². The third-order valence-corrected chi connectivity index (χ3v) is 8.51. The third-order valence-electron chi connectivity index (χ3n) is 8.51. The Morgan fingerprint density at radius 1 is 1.31 bits per heavy atom. The Kier molecular flexibility index (Phi) is 8.04. The van der Waals surface area contributed by atoms with Gasteiger partial charge in [0.2, 0.25) is 0 Å². The first-order valence-electron chi connectivity index (χ1n) is 12.6. The van der Waals surface area contributed by atoms with Gasteiger partial charge in [-0.15, -0.1) is 0 Å². The summed E-state index contributed by atoms with van der Waals surface area (Å²) in [5, 5.41) is 20.5. The summed E-state index contributed by atoms with van der Waals surface area (Å²) in [6, 6.07) is 0. The average Bonchev–Trinajstić information content (AvgIpc) is 3.12. The van der Waals surface area contributed by atoms with E-state index in [2.05, 4.69) is 38.7 Å². The van der Waals surface area contributed by atoms with Gasteiger partial charge in [0.15, 0.2) is 0 Å². The van der Waals surface area contributed by atoms with Crippen molar-refractivity contribution in [3.05, 3.63) is 59.3 Å². The molecule has 0 amide bonds. The molecule has 0 radical (unpaired) electrons. The molecule has 2 N–H and O–H groups in total. The van der Waals surface area contributed by atoms with Gasteiger partial charge in [0, 0.05) is 6.42 Å². The minimum atomic E-state index is -1.13. The number of allylic oxidation sites excluding steroid dienone is 7. The van der Waals surface area contributed by atoms with Crippen LogP contribution in [0.2, 0.25) is 0 Å². The number of rotatable bonds is 7. The first kappa shape index (κ1) is 25.2. The van der Waals surface area contributed by atoms with Crippen LogP contribution in [0, 0.1) is 17.3 Å².